The summed E-state index contributed by atoms with van der Waals surface area (Å²) < 4.78 is 2.69. The second-order valence-electron chi connectivity index (χ2n) is 4.44. The number of nitrogens with zero attached hydrogens (tertiary/aromatic N) is 2. The van der Waals surface area contributed by atoms with Crippen LogP contribution in [0.25, 0.3) is 10.6 Å². The molecule has 0 N–H and O–H groups in total. The molecule has 2 aromatic heterocycles. The molecule has 106 valence electrons. The number of hydrogen-bond donors (Lipinski definition) is 0. The lowest BCUT2D eigenvalue weighted by molar-refractivity contribution is 0.112. The van der Waals surface area contributed by atoms with Gasteiger partial charge in [-0.2, -0.15) is 5.10 Å². The summed E-state index contributed by atoms with van der Waals surface area (Å²) in [5, 5.41) is 7.18. The molecule has 0 atom stereocenters. The highest BCUT2D eigenvalue weighted by atomic mass is 79.9. The summed E-state index contributed by atoms with van der Waals surface area (Å²) in [4.78, 5) is 12.2. The minimum Gasteiger partial charge on any atom is -0.298 e. The predicted octanol–water partition coefficient (Wildman–Crippen LogP) is 4.89. The third kappa shape index (κ3) is 2.95. The van der Waals surface area contributed by atoms with Crippen molar-refractivity contribution in [3.63, 3.8) is 0 Å². The van der Waals surface area contributed by atoms with E-state index in [0.717, 1.165) is 21.2 Å². The summed E-state index contributed by atoms with van der Waals surface area (Å²) in [6, 6.07) is 9.56. The van der Waals surface area contributed by atoms with Gasteiger partial charge in [-0.05, 0) is 39.0 Å². The molecular weight excluding hydrogens is 372 g/mol. The minimum absolute atomic E-state index is 0.531. The summed E-state index contributed by atoms with van der Waals surface area (Å²) >= 11 is 11.2. The van der Waals surface area contributed by atoms with Gasteiger partial charge >= 0.3 is 0 Å². The number of aromatic nitrogens is 2. The molecule has 0 aliphatic heterocycles. The monoisotopic (exact) mass is 380 g/mol. The molecular formula is C15H10BrClN2OS. The van der Waals surface area contributed by atoms with Crippen LogP contribution in [-0.4, -0.2) is 16.1 Å². The van der Waals surface area contributed by atoms with Crippen LogP contribution < -0.4 is 0 Å². The second-order valence-corrected chi connectivity index (χ2v) is 6.62. The number of carbonyl (C=O) groups excluding carboxylic acids is 1. The van der Waals surface area contributed by atoms with E-state index in [1.54, 1.807) is 22.2 Å². The molecule has 3 nitrogen and oxygen atoms in total. The van der Waals surface area contributed by atoms with Crippen LogP contribution >= 0.6 is 38.9 Å². The van der Waals surface area contributed by atoms with E-state index in [4.69, 9.17) is 11.6 Å². The van der Waals surface area contributed by atoms with E-state index in [2.05, 4.69) is 21.0 Å². The Balaban J connectivity index is 1.99. The van der Waals surface area contributed by atoms with Gasteiger partial charge in [0.1, 0.15) is 5.69 Å². The van der Waals surface area contributed by atoms with Gasteiger partial charge in [0.2, 0.25) is 0 Å². The lowest BCUT2D eigenvalue weighted by Crippen LogP contribution is -2.00. The SMILES string of the molecule is O=Cc1cn(Cc2ccccc2Cl)nc1-c1sccc1Br. The fraction of sp³-hybridized carbons (Fsp3) is 0.0667. The Labute approximate surface area is 139 Å². The van der Waals surface area contributed by atoms with E-state index in [1.807, 2.05) is 35.7 Å². The molecule has 0 bridgehead atoms. The molecule has 0 radical (unpaired) electrons. The quantitative estimate of drug-likeness (QED) is 0.603. The third-order valence-electron chi connectivity index (χ3n) is 3.04. The highest BCUT2D eigenvalue weighted by molar-refractivity contribution is 9.10. The highest BCUT2D eigenvalue weighted by Gasteiger charge is 2.15. The first-order valence-corrected chi connectivity index (χ1v) is 8.23. The van der Waals surface area contributed by atoms with E-state index in [-0.39, 0.29) is 0 Å². The van der Waals surface area contributed by atoms with E-state index < -0.39 is 0 Å². The number of hydrogen-bond acceptors (Lipinski definition) is 3. The highest BCUT2D eigenvalue weighted by Crippen LogP contribution is 2.34. The fourth-order valence-corrected chi connectivity index (χ4v) is 3.81. The van der Waals surface area contributed by atoms with Crippen molar-refractivity contribution in [1.29, 1.82) is 0 Å². The van der Waals surface area contributed by atoms with Gasteiger partial charge in [0.15, 0.2) is 6.29 Å². The van der Waals surface area contributed by atoms with Gasteiger partial charge in [-0.1, -0.05) is 29.8 Å². The topological polar surface area (TPSA) is 34.9 Å². The molecule has 21 heavy (non-hydrogen) atoms. The molecule has 3 rings (SSSR count). The fourth-order valence-electron chi connectivity index (χ4n) is 2.04. The summed E-state index contributed by atoms with van der Waals surface area (Å²) in [7, 11) is 0. The van der Waals surface area contributed by atoms with E-state index in [9.17, 15) is 4.79 Å². The first-order chi connectivity index (χ1) is 10.2. The maximum Gasteiger partial charge on any atom is 0.153 e. The van der Waals surface area contributed by atoms with Gasteiger partial charge in [0, 0.05) is 15.7 Å². The van der Waals surface area contributed by atoms with Crippen LogP contribution in [0.3, 0.4) is 0 Å². The molecule has 0 spiro atoms. The van der Waals surface area contributed by atoms with Crippen molar-refractivity contribution < 1.29 is 4.79 Å². The average Bonchev–Trinajstić information content (AvgIpc) is 3.07. The lowest BCUT2D eigenvalue weighted by Gasteiger charge is -2.03. The van der Waals surface area contributed by atoms with Gasteiger partial charge in [-0.15, -0.1) is 11.3 Å². The van der Waals surface area contributed by atoms with Crippen molar-refractivity contribution in [3.8, 4) is 10.6 Å². The largest absolute Gasteiger partial charge is 0.298 e. The molecule has 0 saturated heterocycles. The van der Waals surface area contributed by atoms with Crippen molar-refractivity contribution in [2.24, 2.45) is 0 Å². The van der Waals surface area contributed by atoms with E-state index in [1.165, 1.54) is 0 Å². The van der Waals surface area contributed by atoms with Crippen LogP contribution in [0.5, 0.6) is 0 Å². The molecule has 0 aliphatic carbocycles. The van der Waals surface area contributed by atoms with E-state index >= 15 is 0 Å². The van der Waals surface area contributed by atoms with Crippen molar-refractivity contribution in [3.05, 3.63) is 62.5 Å². The number of aldehydes is 1. The number of halogens is 2. The Bertz CT molecular complexity index is 797. The maximum atomic E-state index is 11.3. The second kappa shape index (κ2) is 6.13. The van der Waals surface area contributed by atoms with Crippen LogP contribution in [0.4, 0.5) is 0 Å². The predicted molar refractivity (Wildman–Crippen MR) is 89.2 cm³/mol. The molecule has 3 aromatic rings. The Hall–Kier alpha value is -1.43. The maximum absolute atomic E-state index is 11.3. The van der Waals surface area contributed by atoms with Crippen molar-refractivity contribution in [2.45, 2.75) is 6.54 Å². The summed E-state index contributed by atoms with van der Waals surface area (Å²) in [5.41, 5.74) is 2.24. The lowest BCUT2D eigenvalue weighted by atomic mass is 10.2. The molecule has 0 unspecified atom stereocenters. The molecule has 0 saturated carbocycles. The smallest absolute Gasteiger partial charge is 0.153 e. The third-order valence-corrected chi connectivity index (χ3v) is 5.25. The Morgan fingerprint density at radius 3 is 2.81 bits per heavy atom. The van der Waals surface area contributed by atoms with Crippen LogP contribution in [0, 0.1) is 0 Å². The van der Waals surface area contributed by atoms with Crippen molar-refractivity contribution in [1.82, 2.24) is 9.78 Å². The average molecular weight is 382 g/mol. The summed E-state index contributed by atoms with van der Waals surface area (Å²) in [6.45, 7) is 0.531. The molecule has 6 heteroatoms. The van der Waals surface area contributed by atoms with Crippen molar-refractivity contribution in [2.75, 3.05) is 0 Å². The number of rotatable bonds is 4. The normalized spacial score (nSPS) is 10.8. The van der Waals surface area contributed by atoms with E-state index in [0.29, 0.717) is 22.8 Å². The molecule has 0 aliphatic rings. The molecule has 1 aromatic carbocycles. The zero-order chi connectivity index (χ0) is 14.8. The van der Waals surface area contributed by atoms with Crippen molar-refractivity contribution >= 4 is 45.2 Å². The Kier molecular flexibility index (Phi) is 4.24. The number of benzene rings is 1. The molecule has 0 fully saturated rings. The molecule has 0 amide bonds. The van der Waals surface area contributed by atoms with Gasteiger partial charge < -0.3 is 0 Å². The Morgan fingerprint density at radius 2 is 2.14 bits per heavy atom. The molecule has 2 heterocycles. The standard InChI is InChI=1S/C15H10BrClN2OS/c16-12-5-6-21-15(12)14-11(9-20)8-19(18-14)7-10-3-1-2-4-13(10)17/h1-6,8-9H,7H2. The van der Waals surface area contributed by atoms with Gasteiger partial charge in [-0.25, -0.2) is 0 Å². The first-order valence-electron chi connectivity index (χ1n) is 6.18. The first kappa shape index (κ1) is 14.5. The summed E-state index contributed by atoms with van der Waals surface area (Å²) in [6.07, 6.45) is 2.58. The zero-order valence-electron chi connectivity index (χ0n) is 10.8. The number of carbonyl (C=O) groups is 1. The summed E-state index contributed by atoms with van der Waals surface area (Å²) in [5.74, 6) is 0. The van der Waals surface area contributed by atoms with Gasteiger partial charge in [0.05, 0.1) is 17.0 Å². The zero-order valence-corrected chi connectivity index (χ0v) is 14.0. The van der Waals surface area contributed by atoms with Crippen LogP contribution in [0.1, 0.15) is 15.9 Å². The van der Waals surface area contributed by atoms with Crippen LogP contribution in [0.15, 0.2) is 46.4 Å². The van der Waals surface area contributed by atoms with Crippen LogP contribution in [-0.2, 0) is 6.54 Å². The van der Waals surface area contributed by atoms with Gasteiger partial charge in [-0.3, -0.25) is 9.48 Å². The van der Waals surface area contributed by atoms with Crippen LogP contribution in [0.2, 0.25) is 5.02 Å². The van der Waals surface area contributed by atoms with Gasteiger partial charge in [0.25, 0.3) is 0 Å². The number of thiophene rings is 1. The Morgan fingerprint density at radius 1 is 1.33 bits per heavy atom. The minimum atomic E-state index is 0.531.